The van der Waals surface area contributed by atoms with Crippen LogP contribution in [0.4, 0.5) is 0 Å². The third-order valence-corrected chi connectivity index (χ3v) is 7.98. The first-order valence-electron chi connectivity index (χ1n) is 16.4. The van der Waals surface area contributed by atoms with Crippen molar-refractivity contribution in [3.63, 3.8) is 0 Å². The summed E-state index contributed by atoms with van der Waals surface area (Å²) in [6.45, 7) is 7.38. The summed E-state index contributed by atoms with van der Waals surface area (Å²) in [5.74, 6) is 0. The maximum Gasteiger partial charge on any atom is 0.0782 e. The molecule has 1 nitrogen and oxygen atoms in total. The molecule has 0 saturated heterocycles. The Morgan fingerprint density at radius 3 is 0.647 bits per heavy atom. The predicted octanol–water partition coefficient (Wildman–Crippen LogP) is 11.6. The van der Waals surface area contributed by atoms with Crippen LogP contribution < -0.4 is 0 Å². The molecule has 0 aromatic rings. The highest BCUT2D eigenvalue weighted by atomic mass is 15.3. The maximum absolute atomic E-state index is 2.46. The van der Waals surface area contributed by atoms with E-state index in [9.17, 15) is 0 Å². The monoisotopic (exact) mass is 481 g/mol. The van der Waals surface area contributed by atoms with Crippen LogP contribution in [0.25, 0.3) is 0 Å². The fourth-order valence-electron chi connectivity index (χ4n) is 5.40. The lowest BCUT2D eigenvalue weighted by Gasteiger charge is -2.30. The highest BCUT2D eigenvalue weighted by Crippen LogP contribution is 2.15. The lowest BCUT2D eigenvalue weighted by atomic mass is 10.0. The minimum Gasteiger partial charge on any atom is -0.328 e. The van der Waals surface area contributed by atoms with Crippen LogP contribution in [0.2, 0.25) is 0 Å². The molecule has 0 saturated carbocycles. The van der Waals surface area contributed by atoms with Gasteiger partial charge in [-0.1, -0.05) is 162 Å². The Balaban J connectivity index is 3.27. The predicted molar refractivity (Wildman–Crippen MR) is 158 cm³/mol. The number of nitrogens with zero attached hydrogens (tertiary/aromatic N) is 1. The largest absolute Gasteiger partial charge is 0.328 e. The molecule has 0 N–H and O–H groups in total. The van der Waals surface area contributed by atoms with Crippen LogP contribution in [-0.2, 0) is 0 Å². The van der Waals surface area contributed by atoms with Crippen LogP contribution in [0.15, 0.2) is 0 Å². The number of rotatable bonds is 29. The molecule has 0 bridgehead atoms. The highest BCUT2D eigenvalue weighted by Gasteiger charge is 2.13. The van der Waals surface area contributed by atoms with Crippen molar-refractivity contribution in [2.75, 3.05) is 27.2 Å². The first kappa shape index (κ1) is 34.0. The molecule has 0 heterocycles. The molecule has 0 atom stereocenters. The maximum atomic E-state index is 2.46. The average Bonchev–Trinajstić information content (AvgIpc) is 2.82. The summed E-state index contributed by atoms with van der Waals surface area (Å²) in [5, 5.41) is 0. The summed E-state index contributed by atoms with van der Waals surface area (Å²) >= 11 is 0. The topological polar surface area (TPSA) is 0 Å². The molecule has 0 aliphatic carbocycles. The number of hydrogen-bond acceptors (Lipinski definition) is 0. The van der Waals surface area contributed by atoms with E-state index in [0.29, 0.717) is 0 Å². The SMILES string of the molecule is CCCCCCCCCCCCCCCCCC[N+](C)(C)CCCCCCCCCCCCC. The summed E-state index contributed by atoms with van der Waals surface area (Å²) in [4.78, 5) is 0. The van der Waals surface area contributed by atoms with Crippen LogP contribution >= 0.6 is 0 Å². The van der Waals surface area contributed by atoms with Crippen LogP contribution in [0.5, 0.6) is 0 Å². The van der Waals surface area contributed by atoms with Gasteiger partial charge in [0.05, 0.1) is 27.2 Å². The van der Waals surface area contributed by atoms with Gasteiger partial charge in [-0.05, 0) is 25.7 Å². The van der Waals surface area contributed by atoms with E-state index in [-0.39, 0.29) is 0 Å². The molecule has 206 valence electrons. The van der Waals surface area contributed by atoms with E-state index in [1.54, 1.807) is 0 Å². The van der Waals surface area contributed by atoms with Crippen molar-refractivity contribution < 1.29 is 4.48 Å². The van der Waals surface area contributed by atoms with Crippen molar-refractivity contribution in [1.29, 1.82) is 0 Å². The molecule has 0 amide bonds. The fraction of sp³-hybridized carbons (Fsp3) is 1.00. The van der Waals surface area contributed by atoms with Gasteiger partial charge in [-0.2, -0.15) is 0 Å². The number of quaternary nitrogens is 1. The summed E-state index contributed by atoms with van der Waals surface area (Å²) in [6, 6.07) is 0. The zero-order valence-electron chi connectivity index (χ0n) is 25.0. The van der Waals surface area contributed by atoms with Gasteiger partial charge < -0.3 is 4.48 Å². The van der Waals surface area contributed by atoms with Crippen molar-refractivity contribution in [3.8, 4) is 0 Å². The van der Waals surface area contributed by atoms with Gasteiger partial charge in [-0.15, -0.1) is 0 Å². The van der Waals surface area contributed by atoms with Crippen LogP contribution in [0.1, 0.15) is 187 Å². The molecule has 0 aromatic carbocycles. The van der Waals surface area contributed by atoms with Crippen molar-refractivity contribution >= 4 is 0 Å². The second-order valence-corrected chi connectivity index (χ2v) is 12.2. The van der Waals surface area contributed by atoms with E-state index in [2.05, 4.69) is 27.9 Å². The van der Waals surface area contributed by atoms with E-state index < -0.39 is 0 Å². The average molecular weight is 481 g/mol. The molecule has 0 aromatic heterocycles. The Bertz CT molecular complexity index is 362. The van der Waals surface area contributed by atoms with Gasteiger partial charge in [-0.3, -0.25) is 0 Å². The summed E-state index contributed by atoms with van der Waals surface area (Å²) < 4.78 is 1.25. The van der Waals surface area contributed by atoms with Gasteiger partial charge in [0, 0.05) is 0 Å². The van der Waals surface area contributed by atoms with Gasteiger partial charge >= 0.3 is 0 Å². The molecular weight excluding hydrogens is 410 g/mol. The Morgan fingerprint density at radius 1 is 0.265 bits per heavy atom. The zero-order chi connectivity index (χ0) is 25.0. The second-order valence-electron chi connectivity index (χ2n) is 12.2. The van der Waals surface area contributed by atoms with Gasteiger partial charge in [0.2, 0.25) is 0 Å². The first-order valence-corrected chi connectivity index (χ1v) is 16.4. The molecule has 0 fully saturated rings. The Hall–Kier alpha value is -0.0400. The number of unbranched alkanes of at least 4 members (excludes halogenated alkanes) is 25. The molecule has 0 radical (unpaired) electrons. The molecule has 0 unspecified atom stereocenters. The van der Waals surface area contributed by atoms with E-state index in [0.717, 1.165) is 0 Å². The lowest BCUT2D eigenvalue weighted by Crippen LogP contribution is -2.41. The van der Waals surface area contributed by atoms with Gasteiger partial charge in [0.1, 0.15) is 0 Å². The summed E-state index contributed by atoms with van der Waals surface area (Å²) in [6.07, 6.45) is 39.5. The molecular formula is C33H70N+. The third kappa shape index (κ3) is 28.2. The smallest absolute Gasteiger partial charge is 0.0782 e. The van der Waals surface area contributed by atoms with Crippen LogP contribution in [0, 0.1) is 0 Å². The van der Waals surface area contributed by atoms with E-state index in [4.69, 9.17) is 0 Å². The van der Waals surface area contributed by atoms with E-state index in [1.165, 1.54) is 191 Å². The molecule has 0 rings (SSSR count). The molecule has 0 spiro atoms. The van der Waals surface area contributed by atoms with Gasteiger partial charge in [-0.25, -0.2) is 0 Å². The second kappa shape index (κ2) is 27.5. The quantitative estimate of drug-likeness (QED) is 0.0737. The Kier molecular flexibility index (Phi) is 27.5. The van der Waals surface area contributed by atoms with E-state index >= 15 is 0 Å². The number of hydrogen-bond donors (Lipinski definition) is 0. The van der Waals surface area contributed by atoms with Crippen molar-refractivity contribution in [1.82, 2.24) is 0 Å². The zero-order valence-corrected chi connectivity index (χ0v) is 25.0. The van der Waals surface area contributed by atoms with Gasteiger partial charge in [0.25, 0.3) is 0 Å². The van der Waals surface area contributed by atoms with Gasteiger partial charge in [0.15, 0.2) is 0 Å². The molecule has 1 heteroatoms. The molecule has 0 aliphatic rings. The Morgan fingerprint density at radius 2 is 0.441 bits per heavy atom. The Labute approximate surface area is 218 Å². The van der Waals surface area contributed by atoms with Crippen LogP contribution in [-0.4, -0.2) is 31.7 Å². The molecule has 34 heavy (non-hydrogen) atoms. The first-order chi connectivity index (χ1) is 16.6. The van der Waals surface area contributed by atoms with Crippen LogP contribution in [0.3, 0.4) is 0 Å². The standard InChI is InChI=1S/C33H70N/c1-5-7-9-11-13-15-17-18-19-20-21-23-25-27-29-31-33-34(3,4)32-30-28-26-24-22-16-14-12-10-8-6-2/h5-33H2,1-4H3/q+1. The summed E-state index contributed by atoms with van der Waals surface area (Å²) in [5.41, 5.74) is 0. The highest BCUT2D eigenvalue weighted by molar-refractivity contribution is 4.51. The fourth-order valence-corrected chi connectivity index (χ4v) is 5.40. The van der Waals surface area contributed by atoms with Crippen molar-refractivity contribution in [2.24, 2.45) is 0 Å². The summed E-state index contributed by atoms with van der Waals surface area (Å²) in [7, 11) is 4.92. The van der Waals surface area contributed by atoms with Crippen molar-refractivity contribution in [2.45, 2.75) is 187 Å². The third-order valence-electron chi connectivity index (χ3n) is 7.98. The van der Waals surface area contributed by atoms with E-state index in [1.807, 2.05) is 0 Å². The normalized spacial score (nSPS) is 12.0. The minimum absolute atomic E-state index is 1.25. The molecule has 0 aliphatic heterocycles. The lowest BCUT2D eigenvalue weighted by molar-refractivity contribution is -0.890. The minimum atomic E-state index is 1.25. The van der Waals surface area contributed by atoms with Crippen molar-refractivity contribution in [3.05, 3.63) is 0 Å².